The van der Waals surface area contributed by atoms with Crippen LogP contribution in [0.5, 0.6) is 17.2 Å². The van der Waals surface area contributed by atoms with Gasteiger partial charge in [-0.25, -0.2) is 9.79 Å². The standard InChI is InChI=1S/C32H27BrCl2N2O6S/c1-5-42-31(39)28-17(2)36-32-37(29(28)22-14-25(40-3)26(41-4)15-23(22)33)30(38)27(44-32)13-19-12-21(35)10-11-24(19)43-16-18-6-8-20(34)9-7-18/h6-15,29H,5,16H2,1-4H3/b27-13-/t29-/m0/s1. The molecule has 4 aromatic rings. The van der Waals surface area contributed by atoms with Crippen molar-refractivity contribution in [1.29, 1.82) is 0 Å². The number of halogens is 3. The third-order valence-corrected chi connectivity index (χ3v) is 9.04. The number of carbonyl (C=O) groups is 1. The zero-order chi connectivity index (χ0) is 31.5. The van der Waals surface area contributed by atoms with Gasteiger partial charge in [0, 0.05) is 20.1 Å². The van der Waals surface area contributed by atoms with Gasteiger partial charge in [-0.15, -0.1) is 0 Å². The van der Waals surface area contributed by atoms with Crippen LogP contribution in [0, 0.1) is 0 Å². The van der Waals surface area contributed by atoms with Crippen LogP contribution < -0.4 is 29.1 Å². The average Bonchev–Trinajstić information content (AvgIpc) is 3.30. The lowest BCUT2D eigenvalue weighted by Gasteiger charge is -2.26. The number of benzene rings is 3. The normalized spacial score (nSPS) is 14.6. The Morgan fingerprint density at radius 3 is 2.39 bits per heavy atom. The Morgan fingerprint density at radius 1 is 1.02 bits per heavy atom. The molecule has 0 fully saturated rings. The summed E-state index contributed by atoms with van der Waals surface area (Å²) in [5.74, 6) is 0.897. The predicted octanol–water partition coefficient (Wildman–Crippen LogP) is 6.46. The highest BCUT2D eigenvalue weighted by atomic mass is 79.9. The van der Waals surface area contributed by atoms with E-state index in [9.17, 15) is 9.59 Å². The lowest BCUT2D eigenvalue weighted by Crippen LogP contribution is -2.40. The maximum Gasteiger partial charge on any atom is 0.338 e. The lowest BCUT2D eigenvalue weighted by molar-refractivity contribution is -0.139. The third-order valence-electron chi connectivity index (χ3n) is 6.88. The number of hydrogen-bond acceptors (Lipinski definition) is 8. The minimum atomic E-state index is -0.860. The Morgan fingerprint density at radius 2 is 1.70 bits per heavy atom. The number of nitrogens with zero attached hydrogens (tertiary/aromatic N) is 2. The van der Waals surface area contributed by atoms with Gasteiger partial charge in [-0.05, 0) is 73.5 Å². The first-order valence-corrected chi connectivity index (χ1v) is 15.8. The van der Waals surface area contributed by atoms with Crippen molar-refractivity contribution in [1.82, 2.24) is 4.57 Å². The summed E-state index contributed by atoms with van der Waals surface area (Å²) in [6.07, 6.45) is 1.72. The second-order valence-corrected chi connectivity index (χ2v) is 12.4. The number of fused-ring (bicyclic) bond motifs is 1. The van der Waals surface area contributed by atoms with Crippen molar-refractivity contribution >= 4 is 62.5 Å². The average molecular weight is 718 g/mol. The molecular weight excluding hydrogens is 691 g/mol. The van der Waals surface area contributed by atoms with E-state index < -0.39 is 12.0 Å². The molecule has 0 radical (unpaired) electrons. The van der Waals surface area contributed by atoms with E-state index in [0.29, 0.717) is 57.9 Å². The summed E-state index contributed by atoms with van der Waals surface area (Å²) in [6.45, 7) is 3.90. The molecule has 0 amide bonds. The highest BCUT2D eigenvalue weighted by Crippen LogP contribution is 2.40. The second kappa shape index (κ2) is 13.6. The highest BCUT2D eigenvalue weighted by Gasteiger charge is 2.35. The molecular formula is C32H27BrCl2N2O6S. The summed E-state index contributed by atoms with van der Waals surface area (Å²) in [5, 5.41) is 1.12. The van der Waals surface area contributed by atoms with Gasteiger partial charge >= 0.3 is 5.97 Å². The van der Waals surface area contributed by atoms with Crippen LogP contribution in [-0.2, 0) is 16.1 Å². The zero-order valence-electron chi connectivity index (χ0n) is 24.2. The van der Waals surface area contributed by atoms with Gasteiger partial charge in [0.1, 0.15) is 12.4 Å². The first-order chi connectivity index (χ1) is 21.1. The number of carbonyl (C=O) groups excluding carboxylic acids is 1. The maximum atomic E-state index is 14.2. The zero-order valence-corrected chi connectivity index (χ0v) is 28.1. The summed E-state index contributed by atoms with van der Waals surface area (Å²) in [6, 6.07) is 15.2. The predicted molar refractivity (Wildman–Crippen MR) is 175 cm³/mol. The fourth-order valence-electron chi connectivity index (χ4n) is 4.81. The number of rotatable bonds is 9. The van der Waals surface area contributed by atoms with Gasteiger partial charge in [0.25, 0.3) is 5.56 Å². The Kier molecular flexibility index (Phi) is 9.84. The smallest absolute Gasteiger partial charge is 0.338 e. The molecule has 1 aliphatic heterocycles. The van der Waals surface area contributed by atoms with Gasteiger partial charge in [0.05, 0.1) is 42.7 Å². The number of allylic oxidation sites excluding steroid dienone is 1. The molecule has 0 spiro atoms. The monoisotopic (exact) mass is 716 g/mol. The van der Waals surface area contributed by atoms with E-state index in [1.807, 2.05) is 12.1 Å². The van der Waals surface area contributed by atoms with Crippen molar-refractivity contribution in [2.24, 2.45) is 4.99 Å². The Bertz CT molecular complexity index is 1950. The largest absolute Gasteiger partial charge is 0.493 e. The SMILES string of the molecule is CCOC(=O)C1=C(C)N=c2s/c(=C\c3cc(Cl)ccc3OCc3ccc(Cl)cc3)c(=O)n2[C@H]1c1cc(OC)c(OC)cc1Br. The molecule has 228 valence electrons. The molecule has 5 rings (SSSR count). The van der Waals surface area contributed by atoms with Crippen LogP contribution in [0.4, 0.5) is 0 Å². The van der Waals surface area contributed by atoms with Crippen LogP contribution >= 0.6 is 50.5 Å². The van der Waals surface area contributed by atoms with Gasteiger partial charge < -0.3 is 18.9 Å². The fraction of sp³-hybridized carbons (Fsp3) is 0.219. The molecule has 8 nitrogen and oxygen atoms in total. The fourth-order valence-corrected chi connectivity index (χ4v) is 6.69. The molecule has 1 atom stereocenters. The minimum Gasteiger partial charge on any atom is -0.493 e. The number of esters is 1. The maximum absolute atomic E-state index is 14.2. The molecule has 0 N–H and O–H groups in total. The van der Waals surface area contributed by atoms with Crippen molar-refractivity contribution in [2.75, 3.05) is 20.8 Å². The number of thiazole rings is 1. The molecule has 0 aliphatic carbocycles. The van der Waals surface area contributed by atoms with E-state index >= 15 is 0 Å². The van der Waals surface area contributed by atoms with Crippen molar-refractivity contribution in [2.45, 2.75) is 26.5 Å². The van der Waals surface area contributed by atoms with Crippen LogP contribution in [0.25, 0.3) is 6.08 Å². The summed E-state index contributed by atoms with van der Waals surface area (Å²) in [5.41, 5.74) is 2.48. The van der Waals surface area contributed by atoms with Crippen molar-refractivity contribution < 1.29 is 23.7 Å². The van der Waals surface area contributed by atoms with Crippen LogP contribution in [-0.4, -0.2) is 31.4 Å². The Labute approximate surface area is 275 Å². The van der Waals surface area contributed by atoms with E-state index in [-0.39, 0.29) is 24.3 Å². The van der Waals surface area contributed by atoms with Gasteiger partial charge in [-0.3, -0.25) is 9.36 Å². The highest BCUT2D eigenvalue weighted by molar-refractivity contribution is 9.10. The summed E-state index contributed by atoms with van der Waals surface area (Å²) in [4.78, 5) is 32.6. The van der Waals surface area contributed by atoms with E-state index in [1.165, 1.54) is 30.1 Å². The quantitative estimate of drug-likeness (QED) is 0.185. The molecule has 0 unspecified atom stereocenters. The summed E-state index contributed by atoms with van der Waals surface area (Å²) in [7, 11) is 3.05. The van der Waals surface area contributed by atoms with Crippen molar-refractivity contribution in [3.63, 3.8) is 0 Å². The van der Waals surface area contributed by atoms with Gasteiger partial charge in [0.2, 0.25) is 0 Å². The first kappa shape index (κ1) is 31.8. The molecule has 2 heterocycles. The van der Waals surface area contributed by atoms with E-state index in [2.05, 4.69) is 20.9 Å². The van der Waals surface area contributed by atoms with E-state index in [0.717, 1.165) is 5.56 Å². The van der Waals surface area contributed by atoms with E-state index in [4.69, 9.17) is 42.1 Å². The minimum absolute atomic E-state index is 0.160. The molecule has 1 aromatic heterocycles. The number of methoxy groups -OCH3 is 2. The van der Waals surface area contributed by atoms with Crippen molar-refractivity contribution in [3.05, 3.63) is 117 Å². The number of ether oxygens (including phenoxy) is 4. The van der Waals surface area contributed by atoms with Crippen LogP contribution in [0.1, 0.15) is 36.6 Å². The molecule has 0 saturated heterocycles. The molecule has 44 heavy (non-hydrogen) atoms. The molecule has 3 aromatic carbocycles. The first-order valence-electron chi connectivity index (χ1n) is 13.4. The molecule has 12 heteroatoms. The van der Waals surface area contributed by atoms with E-state index in [1.54, 1.807) is 62.4 Å². The van der Waals surface area contributed by atoms with Gasteiger partial charge in [0.15, 0.2) is 16.3 Å². The van der Waals surface area contributed by atoms with Crippen LogP contribution in [0.15, 0.2) is 80.1 Å². The topological polar surface area (TPSA) is 88.4 Å². The molecule has 0 bridgehead atoms. The van der Waals surface area contributed by atoms with Crippen LogP contribution in [0.2, 0.25) is 10.0 Å². The molecule has 1 aliphatic rings. The summed E-state index contributed by atoms with van der Waals surface area (Å²) < 4.78 is 25.0. The second-order valence-electron chi connectivity index (χ2n) is 9.63. The number of hydrogen-bond donors (Lipinski definition) is 0. The summed E-state index contributed by atoms with van der Waals surface area (Å²) >= 11 is 17.2. The van der Waals surface area contributed by atoms with Crippen LogP contribution in [0.3, 0.4) is 0 Å². The third kappa shape index (κ3) is 6.44. The van der Waals surface area contributed by atoms with Gasteiger partial charge in [-0.1, -0.05) is 62.6 Å². The van der Waals surface area contributed by atoms with Crippen molar-refractivity contribution in [3.8, 4) is 17.2 Å². The van der Waals surface area contributed by atoms with Gasteiger partial charge in [-0.2, -0.15) is 0 Å². The molecule has 0 saturated carbocycles. The lowest BCUT2D eigenvalue weighted by atomic mass is 9.95. The number of aromatic nitrogens is 1. The Hall–Kier alpha value is -3.57. The Balaban J connectivity index is 1.66.